The Morgan fingerprint density at radius 1 is 1.53 bits per heavy atom. The normalized spacial score (nSPS) is 11.2. The quantitative estimate of drug-likeness (QED) is 0.712. The molecule has 1 aromatic heterocycles. The molecule has 0 aliphatic rings. The van der Waals surface area contributed by atoms with Crippen molar-refractivity contribution in [3.05, 3.63) is 29.6 Å². The Labute approximate surface area is 83.9 Å². The average molecular weight is 219 g/mol. The van der Waals surface area contributed by atoms with Crippen molar-refractivity contribution in [3.8, 4) is 0 Å². The molecule has 0 N–H and O–H groups in total. The maximum Gasteiger partial charge on any atom is 0.418 e. The molecule has 1 aromatic rings. The van der Waals surface area contributed by atoms with Gasteiger partial charge in [0.15, 0.2) is 0 Å². The SMILES string of the molecule is COC(=O)Cc1ccncc1C(F)(F)F. The molecule has 0 saturated heterocycles. The number of hydrogen-bond acceptors (Lipinski definition) is 3. The number of carbonyl (C=O) groups is 1. The van der Waals surface area contributed by atoms with Gasteiger partial charge in [-0.05, 0) is 11.6 Å². The number of esters is 1. The van der Waals surface area contributed by atoms with Crippen LogP contribution in [0.4, 0.5) is 13.2 Å². The van der Waals surface area contributed by atoms with Crippen molar-refractivity contribution in [1.29, 1.82) is 0 Å². The first-order valence-electron chi connectivity index (χ1n) is 4.02. The molecule has 0 spiro atoms. The molecule has 0 fully saturated rings. The molecule has 82 valence electrons. The highest BCUT2D eigenvalue weighted by Gasteiger charge is 2.33. The third-order valence-corrected chi connectivity index (χ3v) is 1.78. The molecule has 0 saturated carbocycles. The molecule has 0 unspecified atom stereocenters. The maximum absolute atomic E-state index is 12.4. The number of methoxy groups -OCH3 is 1. The number of hydrogen-bond donors (Lipinski definition) is 0. The highest BCUT2D eigenvalue weighted by atomic mass is 19.4. The van der Waals surface area contributed by atoms with Crippen LogP contribution in [0.5, 0.6) is 0 Å². The van der Waals surface area contributed by atoms with Gasteiger partial charge in [-0.3, -0.25) is 9.78 Å². The fourth-order valence-electron chi connectivity index (χ4n) is 1.06. The summed E-state index contributed by atoms with van der Waals surface area (Å²) in [7, 11) is 1.12. The Kier molecular flexibility index (Phi) is 3.28. The summed E-state index contributed by atoms with van der Waals surface area (Å²) in [4.78, 5) is 14.2. The minimum Gasteiger partial charge on any atom is -0.469 e. The van der Waals surface area contributed by atoms with E-state index in [9.17, 15) is 18.0 Å². The lowest BCUT2D eigenvalue weighted by molar-refractivity contribution is -0.141. The number of rotatable bonds is 2. The van der Waals surface area contributed by atoms with Crippen molar-refractivity contribution in [2.24, 2.45) is 0 Å². The molecule has 0 aromatic carbocycles. The number of aromatic nitrogens is 1. The monoisotopic (exact) mass is 219 g/mol. The lowest BCUT2D eigenvalue weighted by atomic mass is 10.1. The van der Waals surface area contributed by atoms with Crippen LogP contribution in [0.25, 0.3) is 0 Å². The number of pyridine rings is 1. The van der Waals surface area contributed by atoms with Gasteiger partial charge in [-0.15, -0.1) is 0 Å². The zero-order valence-corrected chi connectivity index (χ0v) is 7.84. The summed E-state index contributed by atoms with van der Waals surface area (Å²) < 4.78 is 41.5. The van der Waals surface area contributed by atoms with Gasteiger partial charge in [0, 0.05) is 12.4 Å². The summed E-state index contributed by atoms with van der Waals surface area (Å²) >= 11 is 0. The average Bonchev–Trinajstić information content (AvgIpc) is 2.17. The summed E-state index contributed by atoms with van der Waals surface area (Å²) in [6.07, 6.45) is -3.02. The van der Waals surface area contributed by atoms with Gasteiger partial charge in [0.25, 0.3) is 0 Å². The largest absolute Gasteiger partial charge is 0.469 e. The Morgan fingerprint density at radius 2 is 2.20 bits per heavy atom. The van der Waals surface area contributed by atoms with Crippen molar-refractivity contribution >= 4 is 5.97 Å². The van der Waals surface area contributed by atoms with Gasteiger partial charge >= 0.3 is 12.1 Å². The van der Waals surface area contributed by atoms with Gasteiger partial charge in [-0.25, -0.2) is 0 Å². The van der Waals surface area contributed by atoms with Crippen molar-refractivity contribution in [3.63, 3.8) is 0 Å². The van der Waals surface area contributed by atoms with Gasteiger partial charge in [-0.1, -0.05) is 0 Å². The van der Waals surface area contributed by atoms with Gasteiger partial charge in [-0.2, -0.15) is 13.2 Å². The van der Waals surface area contributed by atoms with Crippen LogP contribution in [0.3, 0.4) is 0 Å². The van der Waals surface area contributed by atoms with Crippen molar-refractivity contribution < 1.29 is 22.7 Å². The standard InChI is InChI=1S/C9H8F3NO2/c1-15-8(14)4-6-2-3-13-5-7(6)9(10,11)12/h2-3,5H,4H2,1H3. The highest BCUT2D eigenvalue weighted by Crippen LogP contribution is 2.31. The van der Waals surface area contributed by atoms with Crippen LogP contribution in [0.2, 0.25) is 0 Å². The zero-order valence-electron chi connectivity index (χ0n) is 7.84. The molecule has 6 heteroatoms. The lowest BCUT2D eigenvalue weighted by Gasteiger charge is -2.10. The maximum atomic E-state index is 12.4. The first-order valence-corrected chi connectivity index (χ1v) is 4.02. The van der Waals surface area contributed by atoms with Crippen LogP contribution in [-0.2, 0) is 22.1 Å². The highest BCUT2D eigenvalue weighted by molar-refractivity contribution is 5.72. The summed E-state index contributed by atoms with van der Waals surface area (Å²) in [5, 5.41) is 0. The molecule has 0 bridgehead atoms. The van der Waals surface area contributed by atoms with E-state index in [1.54, 1.807) is 0 Å². The molecule has 0 aliphatic carbocycles. The number of nitrogens with zero attached hydrogens (tertiary/aromatic N) is 1. The number of alkyl halides is 3. The molecule has 3 nitrogen and oxygen atoms in total. The van der Waals surface area contributed by atoms with Crippen LogP contribution < -0.4 is 0 Å². The second kappa shape index (κ2) is 4.29. The van der Waals surface area contributed by atoms with E-state index in [-0.39, 0.29) is 5.56 Å². The zero-order chi connectivity index (χ0) is 11.5. The summed E-state index contributed by atoms with van der Waals surface area (Å²) in [5.74, 6) is -0.716. The summed E-state index contributed by atoms with van der Waals surface area (Å²) in [5.41, 5.74) is -1.04. The Bertz CT molecular complexity index is 363. The van der Waals surface area contributed by atoms with Crippen LogP contribution >= 0.6 is 0 Å². The predicted molar refractivity (Wildman–Crippen MR) is 45.0 cm³/mol. The first-order chi connectivity index (χ1) is 6.95. The van der Waals surface area contributed by atoms with Crippen LogP contribution in [0.1, 0.15) is 11.1 Å². The lowest BCUT2D eigenvalue weighted by Crippen LogP contribution is -2.13. The van der Waals surface area contributed by atoms with Crippen LogP contribution in [-0.4, -0.2) is 18.1 Å². The molecule has 1 heterocycles. The third-order valence-electron chi connectivity index (χ3n) is 1.78. The fraction of sp³-hybridized carbons (Fsp3) is 0.333. The van der Waals surface area contributed by atoms with Crippen molar-refractivity contribution in [1.82, 2.24) is 4.98 Å². The van der Waals surface area contributed by atoms with Gasteiger partial charge in [0.05, 0.1) is 19.1 Å². The van der Waals surface area contributed by atoms with Gasteiger partial charge in [0.1, 0.15) is 0 Å². The minimum atomic E-state index is -4.50. The van der Waals surface area contributed by atoms with Crippen LogP contribution in [0.15, 0.2) is 18.5 Å². The van der Waals surface area contributed by atoms with E-state index in [0.717, 1.165) is 13.2 Å². The fourth-order valence-corrected chi connectivity index (χ4v) is 1.06. The van der Waals surface area contributed by atoms with E-state index >= 15 is 0 Å². The van der Waals surface area contributed by atoms with Crippen LogP contribution in [0, 0.1) is 0 Å². The summed E-state index contributed by atoms with van der Waals surface area (Å²) in [6.45, 7) is 0. The molecular weight excluding hydrogens is 211 g/mol. The third kappa shape index (κ3) is 2.93. The number of carbonyl (C=O) groups excluding carboxylic acids is 1. The van der Waals surface area contributed by atoms with Gasteiger partial charge in [0.2, 0.25) is 0 Å². The van der Waals surface area contributed by atoms with E-state index in [2.05, 4.69) is 9.72 Å². The summed E-state index contributed by atoms with van der Waals surface area (Å²) in [6, 6.07) is 1.15. The number of ether oxygens (including phenoxy) is 1. The molecule has 0 radical (unpaired) electrons. The molecule has 15 heavy (non-hydrogen) atoms. The Balaban J connectivity index is 3.02. The Morgan fingerprint density at radius 3 is 2.73 bits per heavy atom. The number of halogens is 3. The topological polar surface area (TPSA) is 39.2 Å². The van der Waals surface area contributed by atoms with E-state index in [1.165, 1.54) is 6.20 Å². The molecule has 1 rings (SSSR count). The Hall–Kier alpha value is -1.59. The molecule has 0 atom stereocenters. The second-order valence-electron chi connectivity index (χ2n) is 2.78. The minimum absolute atomic E-state index is 0.135. The molecule has 0 aliphatic heterocycles. The smallest absolute Gasteiger partial charge is 0.418 e. The first kappa shape index (κ1) is 11.5. The second-order valence-corrected chi connectivity index (χ2v) is 2.78. The van der Waals surface area contributed by atoms with E-state index in [1.807, 2.05) is 0 Å². The van der Waals surface area contributed by atoms with E-state index < -0.39 is 24.1 Å². The van der Waals surface area contributed by atoms with E-state index in [4.69, 9.17) is 0 Å². The van der Waals surface area contributed by atoms with Crippen molar-refractivity contribution in [2.75, 3.05) is 7.11 Å². The molecule has 0 amide bonds. The van der Waals surface area contributed by atoms with Gasteiger partial charge < -0.3 is 4.74 Å². The predicted octanol–water partition coefficient (Wildman–Crippen LogP) is 1.82. The molecular formula is C9H8F3NO2. The van der Waals surface area contributed by atoms with E-state index in [0.29, 0.717) is 6.20 Å². The van der Waals surface area contributed by atoms with Crippen molar-refractivity contribution in [2.45, 2.75) is 12.6 Å².